The molecule has 2 rings (SSSR count). The average molecular weight is 370 g/mol. The summed E-state index contributed by atoms with van der Waals surface area (Å²) in [6.45, 7) is 2.09. The van der Waals surface area contributed by atoms with E-state index in [1.165, 1.54) is 70.6 Å². The molecule has 2 aliphatic rings. The molecule has 0 aromatic rings. The molecule has 0 radical (unpaired) electrons. The highest BCUT2D eigenvalue weighted by molar-refractivity contribution is 4.85. The molecule has 26 heavy (non-hydrogen) atoms. The maximum absolute atomic E-state index is 10.7. The summed E-state index contributed by atoms with van der Waals surface area (Å²) in [6, 6.07) is 0.113. The first kappa shape index (κ1) is 22.1. The second kappa shape index (κ2) is 12.3. The molecule has 0 amide bonds. The van der Waals surface area contributed by atoms with Gasteiger partial charge in [-0.3, -0.25) is 0 Å². The highest BCUT2D eigenvalue weighted by Crippen LogP contribution is 2.27. The van der Waals surface area contributed by atoms with Gasteiger partial charge in [-0.1, -0.05) is 70.6 Å². The minimum atomic E-state index is -0.561. The number of hydrogen-bond acceptors (Lipinski definition) is 4. The van der Waals surface area contributed by atoms with Gasteiger partial charge in [0.25, 0.3) is 0 Å². The fraction of sp³-hybridized carbons (Fsp3) is 1.00. The summed E-state index contributed by atoms with van der Waals surface area (Å²) in [5.41, 5.74) is 0. The van der Waals surface area contributed by atoms with Crippen molar-refractivity contribution in [3.05, 3.63) is 0 Å². The van der Waals surface area contributed by atoms with Gasteiger partial charge < -0.3 is 19.5 Å². The van der Waals surface area contributed by atoms with E-state index in [1.807, 2.05) is 14.1 Å². The van der Waals surface area contributed by atoms with Crippen LogP contribution in [0.5, 0.6) is 0 Å². The molecule has 154 valence electrons. The van der Waals surface area contributed by atoms with E-state index in [1.54, 1.807) is 0 Å². The predicted molar refractivity (Wildman–Crippen MR) is 107 cm³/mol. The molecular formula is C22H43NO3. The van der Waals surface area contributed by atoms with Gasteiger partial charge in [-0.2, -0.15) is 0 Å². The van der Waals surface area contributed by atoms with E-state index in [0.29, 0.717) is 0 Å². The van der Waals surface area contributed by atoms with Crippen LogP contribution < -0.4 is 0 Å². The van der Waals surface area contributed by atoms with Crippen molar-refractivity contribution in [1.29, 1.82) is 0 Å². The Morgan fingerprint density at radius 2 is 1.27 bits per heavy atom. The van der Waals surface area contributed by atoms with Gasteiger partial charge in [-0.25, -0.2) is 0 Å². The van der Waals surface area contributed by atoms with Crippen LogP contribution in [0.3, 0.4) is 0 Å². The van der Waals surface area contributed by atoms with Gasteiger partial charge in [-0.15, -0.1) is 0 Å². The van der Waals surface area contributed by atoms with Crippen LogP contribution >= 0.6 is 0 Å². The summed E-state index contributed by atoms with van der Waals surface area (Å²) >= 11 is 0. The smallest absolute Gasteiger partial charge is 0.185 e. The van der Waals surface area contributed by atoms with Gasteiger partial charge in [0.1, 0.15) is 6.10 Å². The van der Waals surface area contributed by atoms with Gasteiger partial charge in [0.05, 0.1) is 12.2 Å². The molecule has 2 fully saturated rings. The van der Waals surface area contributed by atoms with Crippen molar-refractivity contribution in [1.82, 2.24) is 4.90 Å². The second-order valence-electron chi connectivity index (χ2n) is 8.80. The van der Waals surface area contributed by atoms with Crippen LogP contribution in [0.1, 0.15) is 96.8 Å². The molecule has 1 saturated heterocycles. The van der Waals surface area contributed by atoms with Crippen LogP contribution in [0.2, 0.25) is 0 Å². The predicted octanol–water partition coefficient (Wildman–Crippen LogP) is 4.88. The first-order valence-electron chi connectivity index (χ1n) is 11.2. The molecule has 0 bridgehead atoms. The Balaban J connectivity index is 1.87. The minimum Gasteiger partial charge on any atom is -0.386 e. The van der Waals surface area contributed by atoms with E-state index in [4.69, 9.17) is 9.47 Å². The number of ether oxygens (including phenoxy) is 2. The zero-order valence-electron chi connectivity index (χ0n) is 17.5. The Kier molecular flexibility index (Phi) is 10.5. The molecule has 1 aliphatic heterocycles. The third kappa shape index (κ3) is 7.84. The van der Waals surface area contributed by atoms with E-state index in [0.717, 1.165) is 19.3 Å². The van der Waals surface area contributed by atoms with Crippen LogP contribution in [0.4, 0.5) is 0 Å². The number of likely N-dealkylation sites (N-methyl/N-ethyl adjacent to an activating group) is 1. The van der Waals surface area contributed by atoms with E-state index >= 15 is 0 Å². The summed E-state index contributed by atoms with van der Waals surface area (Å²) < 4.78 is 12.3. The van der Waals surface area contributed by atoms with Crippen LogP contribution in [-0.4, -0.2) is 54.7 Å². The lowest BCUT2D eigenvalue weighted by Gasteiger charge is -2.42. The Morgan fingerprint density at radius 1 is 0.808 bits per heavy atom. The van der Waals surface area contributed by atoms with Gasteiger partial charge in [0.15, 0.2) is 6.29 Å². The fourth-order valence-corrected chi connectivity index (χ4v) is 4.46. The Labute approximate surface area is 161 Å². The Hall–Kier alpha value is -0.160. The molecule has 1 aliphatic carbocycles. The van der Waals surface area contributed by atoms with Gasteiger partial charge in [0.2, 0.25) is 0 Å². The number of nitrogens with zero attached hydrogens (tertiary/aromatic N) is 1. The third-order valence-electron chi connectivity index (χ3n) is 6.15. The van der Waals surface area contributed by atoms with E-state index < -0.39 is 12.4 Å². The normalized spacial score (nSPS) is 34.5. The SMILES string of the molecule is CC1CC(N(C)C)C(O)[C@H](OC2CCCCCCCCCCCCC2)O1. The van der Waals surface area contributed by atoms with Crippen molar-refractivity contribution in [2.24, 2.45) is 0 Å². The molecule has 0 aromatic carbocycles. The molecule has 0 aromatic heterocycles. The molecule has 4 nitrogen and oxygen atoms in total. The molecule has 1 saturated carbocycles. The highest BCUT2D eigenvalue weighted by Gasteiger charge is 2.38. The average Bonchev–Trinajstić information content (AvgIpc) is 2.60. The first-order valence-corrected chi connectivity index (χ1v) is 11.2. The minimum absolute atomic E-state index is 0.113. The van der Waals surface area contributed by atoms with E-state index in [-0.39, 0.29) is 18.2 Å². The molecule has 4 heteroatoms. The summed E-state index contributed by atoms with van der Waals surface area (Å²) in [6.07, 6.45) is 17.2. The fourth-order valence-electron chi connectivity index (χ4n) is 4.46. The van der Waals surface area contributed by atoms with Crippen LogP contribution in [0, 0.1) is 0 Å². The zero-order chi connectivity index (χ0) is 18.8. The van der Waals surface area contributed by atoms with Crippen LogP contribution in [-0.2, 0) is 9.47 Å². The Morgan fingerprint density at radius 3 is 1.73 bits per heavy atom. The molecule has 4 atom stereocenters. The van der Waals surface area contributed by atoms with E-state index in [9.17, 15) is 5.11 Å². The van der Waals surface area contributed by atoms with Crippen LogP contribution in [0.25, 0.3) is 0 Å². The quantitative estimate of drug-likeness (QED) is 0.769. The van der Waals surface area contributed by atoms with E-state index in [2.05, 4.69) is 11.8 Å². The summed E-state index contributed by atoms with van der Waals surface area (Å²) in [5, 5.41) is 10.7. The number of aliphatic hydroxyl groups is 1. The topological polar surface area (TPSA) is 41.9 Å². The summed E-state index contributed by atoms with van der Waals surface area (Å²) in [7, 11) is 4.06. The monoisotopic (exact) mass is 369 g/mol. The first-order chi connectivity index (χ1) is 12.6. The maximum Gasteiger partial charge on any atom is 0.185 e. The third-order valence-corrected chi connectivity index (χ3v) is 6.15. The largest absolute Gasteiger partial charge is 0.386 e. The van der Waals surface area contributed by atoms with Crippen molar-refractivity contribution in [2.75, 3.05) is 14.1 Å². The standard InChI is InChI=1S/C22H43NO3/c1-18-17-20(23(2)3)21(24)22(25-18)26-19-15-13-11-9-7-5-4-6-8-10-12-14-16-19/h18-22,24H,4-17H2,1-3H3/t18?,20?,21?,22-/m0/s1. The zero-order valence-corrected chi connectivity index (χ0v) is 17.5. The van der Waals surface area contributed by atoms with Gasteiger partial charge in [-0.05, 0) is 40.3 Å². The lowest BCUT2D eigenvalue weighted by molar-refractivity contribution is -0.269. The summed E-state index contributed by atoms with van der Waals surface area (Å²) in [5.74, 6) is 0. The maximum atomic E-state index is 10.7. The summed E-state index contributed by atoms with van der Waals surface area (Å²) in [4.78, 5) is 2.10. The van der Waals surface area contributed by atoms with Crippen molar-refractivity contribution in [3.8, 4) is 0 Å². The van der Waals surface area contributed by atoms with Crippen molar-refractivity contribution < 1.29 is 14.6 Å². The number of aliphatic hydroxyl groups excluding tert-OH is 1. The lowest BCUT2D eigenvalue weighted by atomic mass is 9.98. The number of rotatable bonds is 3. The molecule has 1 N–H and O–H groups in total. The molecule has 3 unspecified atom stereocenters. The lowest BCUT2D eigenvalue weighted by Crippen LogP contribution is -2.54. The highest BCUT2D eigenvalue weighted by atomic mass is 16.7. The molecular weight excluding hydrogens is 326 g/mol. The number of hydrogen-bond donors (Lipinski definition) is 1. The van der Waals surface area contributed by atoms with Crippen molar-refractivity contribution >= 4 is 0 Å². The van der Waals surface area contributed by atoms with Crippen LogP contribution in [0.15, 0.2) is 0 Å². The second-order valence-corrected chi connectivity index (χ2v) is 8.80. The van der Waals surface area contributed by atoms with Gasteiger partial charge >= 0.3 is 0 Å². The van der Waals surface area contributed by atoms with Gasteiger partial charge in [0, 0.05) is 6.04 Å². The molecule has 1 heterocycles. The van der Waals surface area contributed by atoms with Crippen molar-refractivity contribution in [2.45, 2.75) is 127 Å². The Bertz CT molecular complexity index is 349. The molecule has 0 spiro atoms. The van der Waals surface area contributed by atoms with Crippen molar-refractivity contribution in [3.63, 3.8) is 0 Å².